The van der Waals surface area contributed by atoms with Gasteiger partial charge in [0.15, 0.2) is 0 Å². The van der Waals surface area contributed by atoms with Crippen LogP contribution in [0.4, 0.5) is 0 Å². The van der Waals surface area contributed by atoms with Gasteiger partial charge in [-0.2, -0.15) is 0 Å². The zero-order valence-electron chi connectivity index (χ0n) is 12.9. The first-order chi connectivity index (χ1) is 10.6. The molecule has 122 valence electrons. The number of hydrogen-bond donors (Lipinski definition) is 1. The molecule has 0 radical (unpaired) electrons. The van der Waals surface area contributed by atoms with E-state index in [1.807, 2.05) is 11.8 Å². The van der Waals surface area contributed by atoms with Crippen molar-refractivity contribution in [3.05, 3.63) is 34.9 Å². The average molecular weight is 327 g/mol. The molecular weight excluding hydrogens is 304 g/mol. The fourth-order valence-electron chi connectivity index (χ4n) is 2.54. The first-order valence-corrected chi connectivity index (χ1v) is 8.01. The molecule has 1 unspecified atom stereocenters. The fraction of sp³-hybridized carbons (Fsp3) is 0.562. The van der Waals surface area contributed by atoms with Gasteiger partial charge >= 0.3 is 0 Å². The molecule has 1 aliphatic rings. The Labute approximate surface area is 136 Å². The fourth-order valence-corrected chi connectivity index (χ4v) is 2.73. The lowest BCUT2D eigenvalue weighted by Gasteiger charge is -2.35. The molecular formula is C16H23ClN2O3. The number of hydrogen-bond acceptors (Lipinski definition) is 4. The van der Waals surface area contributed by atoms with Gasteiger partial charge in [0.25, 0.3) is 5.91 Å². The van der Waals surface area contributed by atoms with E-state index in [0.717, 1.165) is 13.1 Å². The molecule has 1 saturated heterocycles. The highest BCUT2D eigenvalue weighted by atomic mass is 35.5. The summed E-state index contributed by atoms with van der Waals surface area (Å²) in [6, 6.07) is 7.03. The third-order valence-electron chi connectivity index (χ3n) is 3.71. The molecule has 0 saturated carbocycles. The highest BCUT2D eigenvalue weighted by molar-refractivity contribution is 6.30. The molecule has 0 aromatic heterocycles. The molecule has 1 aliphatic heterocycles. The number of aliphatic hydroxyl groups excluding tert-OH is 1. The summed E-state index contributed by atoms with van der Waals surface area (Å²) >= 11 is 5.93. The van der Waals surface area contributed by atoms with E-state index in [1.54, 1.807) is 24.3 Å². The number of benzene rings is 1. The molecule has 1 heterocycles. The normalized spacial score (nSPS) is 17.5. The Morgan fingerprint density at radius 1 is 1.36 bits per heavy atom. The minimum atomic E-state index is -0.477. The number of carbonyl (C=O) groups excluding carboxylic acids is 1. The number of ether oxygens (including phenoxy) is 1. The van der Waals surface area contributed by atoms with Crippen LogP contribution in [0.2, 0.25) is 5.02 Å². The number of β-amino-alcohol motifs (C(OH)–C–C–N with tert-alkyl or cyclic N) is 1. The Hall–Kier alpha value is -1.14. The van der Waals surface area contributed by atoms with Crippen LogP contribution in [-0.2, 0) is 4.74 Å². The molecule has 0 aliphatic carbocycles. The number of nitrogens with zero attached hydrogens (tertiary/aromatic N) is 2. The van der Waals surface area contributed by atoms with Crippen LogP contribution in [0, 0.1) is 0 Å². The van der Waals surface area contributed by atoms with E-state index in [9.17, 15) is 9.90 Å². The van der Waals surface area contributed by atoms with Gasteiger partial charge in [-0.1, -0.05) is 17.7 Å². The van der Waals surface area contributed by atoms with Crippen LogP contribution in [0.25, 0.3) is 0 Å². The van der Waals surface area contributed by atoms with Crippen molar-refractivity contribution >= 4 is 17.5 Å². The largest absolute Gasteiger partial charge is 0.389 e. The first-order valence-electron chi connectivity index (χ1n) is 7.63. The summed E-state index contributed by atoms with van der Waals surface area (Å²) < 4.78 is 5.21. The van der Waals surface area contributed by atoms with E-state index < -0.39 is 6.10 Å². The van der Waals surface area contributed by atoms with Gasteiger partial charge in [-0.15, -0.1) is 0 Å². The van der Waals surface area contributed by atoms with Gasteiger partial charge in [0, 0.05) is 49.9 Å². The van der Waals surface area contributed by atoms with Gasteiger partial charge in [-0.3, -0.25) is 9.69 Å². The lowest BCUT2D eigenvalue weighted by Crippen LogP contribution is -2.50. The number of halogens is 1. The summed E-state index contributed by atoms with van der Waals surface area (Å²) in [4.78, 5) is 16.4. The van der Waals surface area contributed by atoms with Crippen LogP contribution in [0.1, 0.15) is 17.3 Å². The Morgan fingerprint density at radius 3 is 2.73 bits per heavy atom. The van der Waals surface area contributed by atoms with Crippen LogP contribution in [0.5, 0.6) is 0 Å². The lowest BCUT2D eigenvalue weighted by molar-refractivity contribution is 0.0111. The highest BCUT2D eigenvalue weighted by Crippen LogP contribution is 2.14. The number of aliphatic hydroxyl groups is 1. The van der Waals surface area contributed by atoms with E-state index in [-0.39, 0.29) is 5.91 Å². The summed E-state index contributed by atoms with van der Waals surface area (Å²) in [5, 5.41) is 10.4. The summed E-state index contributed by atoms with van der Waals surface area (Å²) in [5.74, 6) is 0.0111. The topological polar surface area (TPSA) is 53.0 Å². The van der Waals surface area contributed by atoms with Gasteiger partial charge in [-0.05, 0) is 25.1 Å². The third kappa shape index (κ3) is 4.95. The summed E-state index contributed by atoms with van der Waals surface area (Å²) in [6.45, 7) is 6.30. The van der Waals surface area contributed by atoms with E-state index in [0.29, 0.717) is 43.4 Å². The molecule has 0 spiro atoms. The van der Waals surface area contributed by atoms with Crippen molar-refractivity contribution in [1.82, 2.24) is 9.80 Å². The molecule has 1 N–H and O–H groups in total. The maximum atomic E-state index is 12.4. The predicted molar refractivity (Wildman–Crippen MR) is 86.3 cm³/mol. The van der Waals surface area contributed by atoms with Crippen molar-refractivity contribution < 1.29 is 14.6 Å². The molecule has 22 heavy (non-hydrogen) atoms. The van der Waals surface area contributed by atoms with Crippen molar-refractivity contribution in [3.63, 3.8) is 0 Å². The van der Waals surface area contributed by atoms with Gasteiger partial charge in [0.2, 0.25) is 0 Å². The quantitative estimate of drug-likeness (QED) is 0.860. The minimum absolute atomic E-state index is 0.0111. The third-order valence-corrected chi connectivity index (χ3v) is 3.95. The molecule has 1 amide bonds. The molecule has 6 heteroatoms. The minimum Gasteiger partial charge on any atom is -0.389 e. The maximum absolute atomic E-state index is 12.4. The average Bonchev–Trinajstić information content (AvgIpc) is 2.53. The Kier molecular flexibility index (Phi) is 6.64. The molecule has 1 aromatic carbocycles. The van der Waals surface area contributed by atoms with Crippen molar-refractivity contribution in [1.29, 1.82) is 0 Å². The van der Waals surface area contributed by atoms with Crippen molar-refractivity contribution in [2.75, 3.05) is 45.9 Å². The Balaban J connectivity index is 1.80. The zero-order chi connectivity index (χ0) is 15.9. The van der Waals surface area contributed by atoms with Crippen molar-refractivity contribution in [3.8, 4) is 0 Å². The van der Waals surface area contributed by atoms with Crippen LogP contribution >= 0.6 is 11.6 Å². The summed E-state index contributed by atoms with van der Waals surface area (Å²) in [7, 11) is 0. The molecule has 0 bridgehead atoms. The number of piperazine rings is 1. The second-order valence-corrected chi connectivity index (χ2v) is 5.85. The number of carbonyl (C=O) groups is 1. The number of amides is 1. The Bertz CT molecular complexity index is 490. The standard InChI is InChI=1S/C16H23ClN2O3/c1-2-22-12-15(20)11-18-6-8-19(9-7-18)16(21)13-4-3-5-14(17)10-13/h3-5,10,15,20H,2,6-9,11-12H2,1H3. The predicted octanol–water partition coefficient (Wildman–Crippen LogP) is 1.50. The first kappa shape index (κ1) is 17.2. The maximum Gasteiger partial charge on any atom is 0.253 e. The highest BCUT2D eigenvalue weighted by Gasteiger charge is 2.23. The van der Waals surface area contributed by atoms with Crippen molar-refractivity contribution in [2.24, 2.45) is 0 Å². The second kappa shape index (κ2) is 8.48. The van der Waals surface area contributed by atoms with Gasteiger partial charge in [-0.25, -0.2) is 0 Å². The van der Waals surface area contributed by atoms with E-state index >= 15 is 0 Å². The van der Waals surface area contributed by atoms with E-state index in [2.05, 4.69) is 4.90 Å². The summed E-state index contributed by atoms with van der Waals surface area (Å²) in [5.41, 5.74) is 0.623. The number of rotatable bonds is 6. The van der Waals surface area contributed by atoms with Crippen molar-refractivity contribution in [2.45, 2.75) is 13.0 Å². The second-order valence-electron chi connectivity index (χ2n) is 5.42. The monoisotopic (exact) mass is 326 g/mol. The van der Waals surface area contributed by atoms with Gasteiger partial charge < -0.3 is 14.7 Å². The molecule has 1 aromatic rings. The van der Waals surface area contributed by atoms with E-state index in [1.165, 1.54) is 0 Å². The molecule has 5 nitrogen and oxygen atoms in total. The Morgan fingerprint density at radius 2 is 2.09 bits per heavy atom. The van der Waals surface area contributed by atoms with Crippen LogP contribution in [0.15, 0.2) is 24.3 Å². The van der Waals surface area contributed by atoms with Gasteiger partial charge in [0.05, 0.1) is 12.7 Å². The van der Waals surface area contributed by atoms with Crippen LogP contribution < -0.4 is 0 Å². The zero-order valence-corrected chi connectivity index (χ0v) is 13.6. The SMILES string of the molecule is CCOCC(O)CN1CCN(C(=O)c2cccc(Cl)c2)CC1. The van der Waals surface area contributed by atoms with Crippen LogP contribution in [0.3, 0.4) is 0 Å². The molecule has 2 rings (SSSR count). The van der Waals surface area contributed by atoms with Crippen LogP contribution in [-0.4, -0.2) is 72.9 Å². The van der Waals surface area contributed by atoms with Gasteiger partial charge in [0.1, 0.15) is 0 Å². The lowest BCUT2D eigenvalue weighted by atomic mass is 10.2. The van der Waals surface area contributed by atoms with E-state index in [4.69, 9.17) is 16.3 Å². The summed E-state index contributed by atoms with van der Waals surface area (Å²) in [6.07, 6.45) is -0.477. The molecule has 1 fully saturated rings. The molecule has 1 atom stereocenters. The smallest absolute Gasteiger partial charge is 0.253 e.